The summed E-state index contributed by atoms with van der Waals surface area (Å²) < 4.78 is 5.45. The average molecular weight is 429 g/mol. The van der Waals surface area contributed by atoms with Crippen molar-refractivity contribution in [2.24, 2.45) is 0 Å². The fourth-order valence-corrected chi connectivity index (χ4v) is 4.12. The lowest BCUT2D eigenvalue weighted by molar-refractivity contribution is 0.0931. The van der Waals surface area contributed by atoms with Crippen molar-refractivity contribution in [3.8, 4) is 11.3 Å². The molecule has 32 heavy (non-hydrogen) atoms. The highest BCUT2D eigenvalue weighted by molar-refractivity contribution is 5.96. The molecular weight excluding hydrogens is 406 g/mol. The molecule has 4 heterocycles. The first-order valence-electron chi connectivity index (χ1n) is 10.6. The van der Waals surface area contributed by atoms with Gasteiger partial charge in [0.2, 0.25) is 5.95 Å². The predicted molar refractivity (Wildman–Crippen MR) is 122 cm³/mol. The zero-order valence-corrected chi connectivity index (χ0v) is 17.7. The normalized spacial score (nSPS) is 14.6. The van der Waals surface area contributed by atoms with Gasteiger partial charge >= 0.3 is 0 Å². The molecule has 8 heteroatoms. The zero-order valence-electron chi connectivity index (χ0n) is 17.7. The maximum absolute atomic E-state index is 12.8. The minimum Gasteiger partial charge on any atom is -0.464 e. The summed E-state index contributed by atoms with van der Waals surface area (Å²) >= 11 is 0. The van der Waals surface area contributed by atoms with Gasteiger partial charge in [-0.15, -0.1) is 0 Å². The SMILES string of the molecule is Cc1cc(=O)[nH]c(N2CCC(NC(=O)c3ccc(-c4nccc5occc45)cc3)CC2)n1. The van der Waals surface area contributed by atoms with Crippen molar-refractivity contribution < 1.29 is 9.21 Å². The first kappa shape index (κ1) is 20.0. The molecule has 0 unspecified atom stereocenters. The number of nitrogens with one attached hydrogen (secondary N) is 2. The number of benzene rings is 1. The number of aromatic amines is 1. The summed E-state index contributed by atoms with van der Waals surface area (Å²) in [6.07, 6.45) is 4.94. The van der Waals surface area contributed by atoms with Crippen molar-refractivity contribution in [1.82, 2.24) is 20.3 Å². The van der Waals surface area contributed by atoms with E-state index in [0.717, 1.165) is 48.2 Å². The van der Waals surface area contributed by atoms with Crippen molar-refractivity contribution >= 4 is 22.8 Å². The van der Waals surface area contributed by atoms with Crippen LogP contribution >= 0.6 is 0 Å². The first-order valence-corrected chi connectivity index (χ1v) is 10.6. The Balaban J connectivity index is 1.22. The molecule has 1 fully saturated rings. The van der Waals surface area contributed by atoms with Gasteiger partial charge in [0.25, 0.3) is 11.5 Å². The van der Waals surface area contributed by atoms with Gasteiger partial charge in [0.1, 0.15) is 5.58 Å². The highest BCUT2D eigenvalue weighted by Crippen LogP contribution is 2.27. The number of amides is 1. The van der Waals surface area contributed by atoms with E-state index in [1.165, 1.54) is 6.07 Å². The molecule has 0 aliphatic carbocycles. The number of aromatic nitrogens is 3. The molecule has 0 radical (unpaired) electrons. The van der Waals surface area contributed by atoms with Gasteiger partial charge in [0.15, 0.2) is 0 Å². The van der Waals surface area contributed by atoms with Crippen LogP contribution in [0.25, 0.3) is 22.2 Å². The Morgan fingerprint density at radius 3 is 2.69 bits per heavy atom. The summed E-state index contributed by atoms with van der Waals surface area (Å²) in [5.74, 6) is 0.503. The number of carbonyl (C=O) groups is 1. The number of anilines is 1. The van der Waals surface area contributed by atoms with Crippen molar-refractivity contribution in [3.05, 3.63) is 76.5 Å². The summed E-state index contributed by atoms with van der Waals surface area (Å²) in [6.45, 7) is 3.25. The number of hydrogen-bond donors (Lipinski definition) is 2. The van der Waals surface area contributed by atoms with Crippen molar-refractivity contribution in [2.75, 3.05) is 18.0 Å². The molecule has 0 saturated carbocycles. The standard InChI is InChI=1S/C24H23N5O3/c1-15-14-21(30)28-24(26-15)29-11-7-18(8-12-29)27-23(31)17-4-2-16(3-5-17)22-19-9-13-32-20(19)6-10-25-22/h2-6,9-10,13-14,18H,7-8,11-12H2,1H3,(H,27,31)(H,26,28,30). The number of carbonyl (C=O) groups excluding carboxylic acids is 1. The fourth-order valence-electron chi connectivity index (χ4n) is 4.12. The Kier molecular flexibility index (Phi) is 5.18. The lowest BCUT2D eigenvalue weighted by Crippen LogP contribution is -2.45. The molecule has 8 nitrogen and oxygen atoms in total. The van der Waals surface area contributed by atoms with Crippen LogP contribution in [-0.2, 0) is 0 Å². The molecule has 162 valence electrons. The number of furan rings is 1. The van der Waals surface area contributed by atoms with Crippen molar-refractivity contribution in [3.63, 3.8) is 0 Å². The van der Waals surface area contributed by atoms with E-state index in [9.17, 15) is 9.59 Å². The minimum absolute atomic E-state index is 0.0799. The highest BCUT2D eigenvalue weighted by Gasteiger charge is 2.22. The molecule has 0 bridgehead atoms. The number of pyridine rings is 1. The van der Waals surface area contributed by atoms with Crippen LogP contribution in [0.1, 0.15) is 28.9 Å². The van der Waals surface area contributed by atoms with Crippen LogP contribution in [0.3, 0.4) is 0 Å². The second-order valence-electron chi connectivity index (χ2n) is 8.01. The highest BCUT2D eigenvalue weighted by atomic mass is 16.3. The van der Waals surface area contributed by atoms with Gasteiger partial charge in [-0.1, -0.05) is 12.1 Å². The van der Waals surface area contributed by atoms with Gasteiger partial charge in [-0.05, 0) is 44.0 Å². The smallest absolute Gasteiger partial charge is 0.252 e. The second kappa shape index (κ2) is 8.30. The molecule has 1 saturated heterocycles. The van der Waals surface area contributed by atoms with E-state index in [2.05, 4.69) is 25.2 Å². The Hall–Kier alpha value is -3.94. The van der Waals surface area contributed by atoms with Gasteiger partial charge < -0.3 is 14.6 Å². The summed E-state index contributed by atoms with van der Waals surface area (Å²) in [4.78, 5) is 38.2. The largest absolute Gasteiger partial charge is 0.464 e. The third kappa shape index (κ3) is 3.99. The summed E-state index contributed by atoms with van der Waals surface area (Å²) in [7, 11) is 0. The van der Waals surface area contributed by atoms with Crippen LogP contribution in [0.4, 0.5) is 5.95 Å². The number of fused-ring (bicyclic) bond motifs is 1. The van der Waals surface area contributed by atoms with Crippen molar-refractivity contribution in [2.45, 2.75) is 25.8 Å². The monoisotopic (exact) mass is 429 g/mol. The molecule has 2 N–H and O–H groups in total. The summed E-state index contributed by atoms with van der Waals surface area (Å²) in [5, 5.41) is 4.07. The third-order valence-corrected chi connectivity index (χ3v) is 5.79. The number of rotatable bonds is 4. The zero-order chi connectivity index (χ0) is 22.1. The number of hydrogen-bond acceptors (Lipinski definition) is 6. The molecule has 3 aromatic heterocycles. The van der Waals surface area contributed by atoms with Crippen LogP contribution in [0, 0.1) is 6.92 Å². The van der Waals surface area contributed by atoms with Crippen LogP contribution < -0.4 is 15.8 Å². The average Bonchev–Trinajstić information content (AvgIpc) is 3.28. The van der Waals surface area contributed by atoms with Gasteiger partial charge in [0, 0.05) is 53.6 Å². The fraction of sp³-hybridized carbons (Fsp3) is 0.250. The van der Waals surface area contributed by atoms with E-state index < -0.39 is 0 Å². The third-order valence-electron chi connectivity index (χ3n) is 5.79. The molecule has 1 amide bonds. The summed E-state index contributed by atoms with van der Waals surface area (Å²) in [6, 6.07) is 12.7. The first-order chi connectivity index (χ1) is 15.6. The molecule has 1 aromatic carbocycles. The van der Waals surface area contributed by atoms with E-state index >= 15 is 0 Å². The number of H-pyrrole nitrogens is 1. The molecule has 5 rings (SSSR count). The van der Waals surface area contributed by atoms with Crippen LogP contribution in [-0.4, -0.2) is 40.0 Å². The Labute approximate surface area is 184 Å². The lowest BCUT2D eigenvalue weighted by atomic mass is 10.0. The Morgan fingerprint density at radius 1 is 1.16 bits per heavy atom. The predicted octanol–water partition coefficient (Wildman–Crippen LogP) is 3.29. The van der Waals surface area contributed by atoms with Crippen LogP contribution in [0.5, 0.6) is 0 Å². The molecule has 1 aliphatic rings. The van der Waals surface area contributed by atoms with E-state index in [-0.39, 0.29) is 17.5 Å². The molecule has 4 aromatic rings. The number of piperidine rings is 1. The minimum atomic E-state index is -0.148. The Bertz CT molecular complexity index is 1320. The number of nitrogens with zero attached hydrogens (tertiary/aromatic N) is 3. The Morgan fingerprint density at radius 2 is 1.94 bits per heavy atom. The van der Waals surface area contributed by atoms with E-state index in [0.29, 0.717) is 17.2 Å². The van der Waals surface area contributed by atoms with Gasteiger partial charge in [-0.25, -0.2) is 4.98 Å². The lowest BCUT2D eigenvalue weighted by Gasteiger charge is -2.32. The van der Waals surface area contributed by atoms with Crippen LogP contribution in [0.2, 0.25) is 0 Å². The summed E-state index contributed by atoms with van der Waals surface area (Å²) in [5.41, 5.74) is 3.71. The quantitative estimate of drug-likeness (QED) is 0.516. The van der Waals surface area contributed by atoms with E-state index in [1.54, 1.807) is 12.5 Å². The van der Waals surface area contributed by atoms with Crippen LogP contribution in [0.15, 0.2) is 64.1 Å². The molecule has 0 atom stereocenters. The van der Waals surface area contributed by atoms with Gasteiger partial charge in [-0.2, -0.15) is 0 Å². The van der Waals surface area contributed by atoms with Crippen molar-refractivity contribution in [1.29, 1.82) is 0 Å². The maximum atomic E-state index is 12.8. The van der Waals surface area contributed by atoms with E-state index in [1.807, 2.05) is 43.3 Å². The van der Waals surface area contributed by atoms with Gasteiger partial charge in [-0.3, -0.25) is 19.6 Å². The molecule has 0 spiro atoms. The topological polar surface area (TPSA) is 104 Å². The second-order valence-corrected chi connectivity index (χ2v) is 8.01. The number of aryl methyl sites for hydroxylation is 1. The molecule has 1 aliphatic heterocycles. The van der Waals surface area contributed by atoms with E-state index in [4.69, 9.17) is 4.42 Å². The maximum Gasteiger partial charge on any atom is 0.252 e. The molecular formula is C24H23N5O3. The van der Waals surface area contributed by atoms with Gasteiger partial charge in [0.05, 0.1) is 12.0 Å².